The van der Waals surface area contributed by atoms with Crippen molar-refractivity contribution in [3.63, 3.8) is 0 Å². The summed E-state index contributed by atoms with van der Waals surface area (Å²) in [7, 11) is 2.04. The molecular formula is C21H21NO. The van der Waals surface area contributed by atoms with Gasteiger partial charge in [0.25, 0.3) is 0 Å². The van der Waals surface area contributed by atoms with Gasteiger partial charge >= 0.3 is 0 Å². The highest BCUT2D eigenvalue weighted by Crippen LogP contribution is 2.23. The number of anilines is 1. The van der Waals surface area contributed by atoms with E-state index in [1.54, 1.807) is 0 Å². The van der Waals surface area contributed by atoms with E-state index in [4.69, 9.17) is 4.74 Å². The fraction of sp³-hybridized carbons (Fsp3) is 0.143. The molecule has 3 rings (SSSR count). The molecule has 0 saturated heterocycles. The quantitative estimate of drug-likeness (QED) is 0.600. The molecule has 3 aromatic carbocycles. The van der Waals surface area contributed by atoms with Crippen LogP contribution in [0.3, 0.4) is 0 Å². The van der Waals surface area contributed by atoms with Gasteiger partial charge in [0.2, 0.25) is 0 Å². The summed E-state index contributed by atoms with van der Waals surface area (Å²) >= 11 is 0. The lowest BCUT2D eigenvalue weighted by atomic mass is 10.1. The van der Waals surface area contributed by atoms with Crippen molar-refractivity contribution in [1.29, 1.82) is 0 Å². The lowest BCUT2D eigenvalue weighted by molar-refractivity contribution is 0.222. The Morgan fingerprint density at radius 3 is 1.83 bits per heavy atom. The number of rotatable bonds is 5. The molecule has 0 saturated carbocycles. The van der Waals surface area contributed by atoms with Crippen LogP contribution >= 0.6 is 0 Å². The summed E-state index contributed by atoms with van der Waals surface area (Å²) in [4.78, 5) is 2.12. The Balaban J connectivity index is 1.68. The molecule has 0 N–H and O–H groups in total. The average molecular weight is 303 g/mol. The second-order valence-corrected chi connectivity index (χ2v) is 5.55. The first kappa shape index (κ1) is 15.2. The zero-order valence-corrected chi connectivity index (χ0v) is 13.5. The van der Waals surface area contributed by atoms with Crippen LogP contribution in [0, 0.1) is 0 Å². The summed E-state index contributed by atoms with van der Waals surface area (Å²) in [5.41, 5.74) is 3.55. The summed E-state index contributed by atoms with van der Waals surface area (Å²) < 4.78 is 6.05. The molecule has 3 aromatic rings. The molecule has 0 bridgehead atoms. The third kappa shape index (κ3) is 3.72. The van der Waals surface area contributed by atoms with Crippen molar-refractivity contribution in [2.75, 3.05) is 11.9 Å². The molecule has 23 heavy (non-hydrogen) atoms. The SMILES string of the molecule is CC(Oc1ccc(-c2ccccc2)cc1)N(C)c1ccccc1. The largest absolute Gasteiger partial charge is 0.471 e. The maximum Gasteiger partial charge on any atom is 0.169 e. The summed E-state index contributed by atoms with van der Waals surface area (Å²) in [6.45, 7) is 2.05. The lowest BCUT2D eigenvalue weighted by Crippen LogP contribution is -2.33. The van der Waals surface area contributed by atoms with Crippen LogP contribution in [0.2, 0.25) is 0 Å². The molecule has 2 heteroatoms. The zero-order chi connectivity index (χ0) is 16.1. The second kappa shape index (κ2) is 7.01. The Labute approximate surface area is 138 Å². The fourth-order valence-corrected chi connectivity index (χ4v) is 2.51. The van der Waals surface area contributed by atoms with Crippen LogP contribution in [0.1, 0.15) is 6.92 Å². The topological polar surface area (TPSA) is 12.5 Å². The van der Waals surface area contributed by atoms with E-state index >= 15 is 0 Å². The minimum absolute atomic E-state index is 0.0417. The number of nitrogens with zero attached hydrogens (tertiary/aromatic N) is 1. The predicted molar refractivity (Wildman–Crippen MR) is 96.8 cm³/mol. The van der Waals surface area contributed by atoms with Crippen LogP contribution in [0.25, 0.3) is 11.1 Å². The van der Waals surface area contributed by atoms with Gasteiger partial charge in [0, 0.05) is 12.7 Å². The molecule has 2 nitrogen and oxygen atoms in total. The van der Waals surface area contributed by atoms with Gasteiger partial charge < -0.3 is 9.64 Å². The van der Waals surface area contributed by atoms with Crippen LogP contribution in [-0.4, -0.2) is 13.3 Å². The molecule has 1 unspecified atom stereocenters. The number of para-hydroxylation sites is 1. The first-order chi connectivity index (χ1) is 11.2. The summed E-state index contributed by atoms with van der Waals surface area (Å²) in [5, 5.41) is 0. The van der Waals surface area contributed by atoms with Gasteiger partial charge in [0.1, 0.15) is 5.75 Å². The van der Waals surface area contributed by atoms with Crippen LogP contribution in [0.5, 0.6) is 5.75 Å². The Morgan fingerprint density at radius 2 is 1.22 bits per heavy atom. The summed E-state index contributed by atoms with van der Waals surface area (Å²) in [6, 6.07) is 28.9. The van der Waals surface area contributed by atoms with Crippen molar-refractivity contribution in [2.24, 2.45) is 0 Å². The van der Waals surface area contributed by atoms with Gasteiger partial charge in [-0.3, -0.25) is 0 Å². The Hall–Kier alpha value is -2.74. The molecule has 0 fully saturated rings. The Morgan fingerprint density at radius 1 is 0.696 bits per heavy atom. The molecule has 0 heterocycles. The van der Waals surface area contributed by atoms with Crippen molar-refractivity contribution >= 4 is 5.69 Å². The molecule has 0 spiro atoms. The van der Waals surface area contributed by atoms with Gasteiger partial charge in [0.05, 0.1) is 0 Å². The Kier molecular flexibility index (Phi) is 4.62. The number of benzene rings is 3. The van der Waals surface area contributed by atoms with E-state index in [0.717, 1.165) is 11.4 Å². The van der Waals surface area contributed by atoms with Crippen molar-refractivity contribution in [1.82, 2.24) is 0 Å². The highest BCUT2D eigenvalue weighted by atomic mass is 16.5. The zero-order valence-electron chi connectivity index (χ0n) is 13.5. The second-order valence-electron chi connectivity index (χ2n) is 5.55. The summed E-state index contributed by atoms with van der Waals surface area (Å²) in [5.74, 6) is 0.875. The van der Waals surface area contributed by atoms with Gasteiger partial charge in [0.15, 0.2) is 6.23 Å². The molecule has 0 aromatic heterocycles. The summed E-state index contributed by atoms with van der Waals surface area (Å²) in [6.07, 6.45) is -0.0417. The van der Waals surface area contributed by atoms with E-state index in [0.29, 0.717) is 0 Å². The van der Waals surface area contributed by atoms with E-state index in [9.17, 15) is 0 Å². The monoisotopic (exact) mass is 303 g/mol. The van der Waals surface area contributed by atoms with Gasteiger partial charge in [-0.2, -0.15) is 0 Å². The van der Waals surface area contributed by atoms with E-state index in [-0.39, 0.29) is 6.23 Å². The standard InChI is InChI=1S/C21H21NO/c1-17(22(2)20-11-7-4-8-12-20)23-21-15-13-19(14-16-21)18-9-5-3-6-10-18/h3-17H,1-2H3. The van der Waals surface area contributed by atoms with Gasteiger partial charge in [-0.1, -0.05) is 60.7 Å². The van der Waals surface area contributed by atoms with Crippen molar-refractivity contribution < 1.29 is 4.74 Å². The Bertz CT molecular complexity index is 723. The normalized spacial score (nSPS) is 11.7. The molecule has 0 aliphatic heterocycles. The van der Waals surface area contributed by atoms with Crippen molar-refractivity contribution in [3.8, 4) is 16.9 Å². The van der Waals surface area contributed by atoms with E-state index in [2.05, 4.69) is 60.4 Å². The maximum atomic E-state index is 6.05. The minimum atomic E-state index is -0.0417. The molecule has 0 aliphatic carbocycles. The van der Waals surface area contributed by atoms with Crippen LogP contribution in [0.4, 0.5) is 5.69 Å². The highest BCUT2D eigenvalue weighted by Gasteiger charge is 2.11. The van der Waals surface area contributed by atoms with Crippen LogP contribution in [0.15, 0.2) is 84.9 Å². The molecule has 0 amide bonds. The van der Waals surface area contributed by atoms with Gasteiger partial charge in [-0.05, 0) is 42.3 Å². The number of hydrogen-bond acceptors (Lipinski definition) is 2. The van der Waals surface area contributed by atoms with Crippen molar-refractivity contribution in [2.45, 2.75) is 13.2 Å². The molecule has 116 valence electrons. The smallest absolute Gasteiger partial charge is 0.169 e. The third-order valence-corrected chi connectivity index (χ3v) is 3.98. The van der Waals surface area contributed by atoms with Gasteiger partial charge in [-0.25, -0.2) is 0 Å². The fourth-order valence-electron chi connectivity index (χ4n) is 2.51. The third-order valence-electron chi connectivity index (χ3n) is 3.98. The van der Waals surface area contributed by atoms with Crippen LogP contribution < -0.4 is 9.64 Å². The highest BCUT2D eigenvalue weighted by molar-refractivity contribution is 5.63. The number of ether oxygens (including phenoxy) is 1. The predicted octanol–water partition coefficient (Wildman–Crippen LogP) is 5.21. The minimum Gasteiger partial charge on any atom is -0.471 e. The maximum absolute atomic E-state index is 6.05. The van der Waals surface area contributed by atoms with E-state index in [1.807, 2.05) is 43.4 Å². The van der Waals surface area contributed by atoms with E-state index in [1.165, 1.54) is 11.1 Å². The van der Waals surface area contributed by atoms with E-state index < -0.39 is 0 Å². The first-order valence-electron chi connectivity index (χ1n) is 7.84. The molecular weight excluding hydrogens is 282 g/mol. The van der Waals surface area contributed by atoms with Crippen molar-refractivity contribution in [3.05, 3.63) is 84.9 Å². The lowest BCUT2D eigenvalue weighted by Gasteiger charge is -2.27. The van der Waals surface area contributed by atoms with Crippen LogP contribution in [-0.2, 0) is 0 Å². The number of hydrogen-bond donors (Lipinski definition) is 0. The van der Waals surface area contributed by atoms with Gasteiger partial charge in [-0.15, -0.1) is 0 Å². The molecule has 0 radical (unpaired) electrons. The first-order valence-corrected chi connectivity index (χ1v) is 7.84. The average Bonchev–Trinajstić information content (AvgIpc) is 2.63. The molecule has 0 aliphatic rings. The molecule has 1 atom stereocenters.